The van der Waals surface area contributed by atoms with Crippen LogP contribution in [-0.2, 0) is 14.9 Å². The van der Waals surface area contributed by atoms with Crippen molar-refractivity contribution in [2.75, 3.05) is 13.1 Å². The largest absolute Gasteiger partial charge is 0.301 e. The van der Waals surface area contributed by atoms with Gasteiger partial charge in [-0.05, 0) is 37.1 Å². The molecule has 100 valence electrons. The van der Waals surface area contributed by atoms with Crippen LogP contribution in [0.2, 0.25) is 0 Å². The van der Waals surface area contributed by atoms with E-state index in [2.05, 4.69) is 15.9 Å². The van der Waals surface area contributed by atoms with Gasteiger partial charge in [0, 0.05) is 17.6 Å². The van der Waals surface area contributed by atoms with Gasteiger partial charge in [0.25, 0.3) is 0 Å². The molecule has 1 aliphatic rings. The third kappa shape index (κ3) is 2.92. The van der Waals surface area contributed by atoms with E-state index < -0.39 is 10.0 Å². The summed E-state index contributed by atoms with van der Waals surface area (Å²) in [5.74, 6) is 5.11. The van der Waals surface area contributed by atoms with Crippen LogP contribution in [0.25, 0.3) is 0 Å². The third-order valence-electron chi connectivity index (χ3n) is 3.04. The summed E-state index contributed by atoms with van der Waals surface area (Å²) >= 11 is 3.29. The van der Waals surface area contributed by atoms with E-state index in [1.54, 1.807) is 24.3 Å². The number of nitrogens with zero attached hydrogens (tertiary/aromatic N) is 1. The Labute approximate surface area is 115 Å². The molecule has 5 nitrogen and oxygen atoms in total. The third-order valence-corrected chi connectivity index (χ3v) is 5.49. The van der Waals surface area contributed by atoms with Crippen LogP contribution in [0.3, 0.4) is 0 Å². The first-order valence-corrected chi connectivity index (χ1v) is 7.88. The summed E-state index contributed by atoms with van der Waals surface area (Å²) in [5.41, 5.74) is 0. The van der Waals surface area contributed by atoms with Crippen molar-refractivity contribution >= 4 is 26.0 Å². The van der Waals surface area contributed by atoms with Gasteiger partial charge in [0.1, 0.15) is 0 Å². The first kappa shape index (κ1) is 14.0. The number of sulfonamides is 1. The molecule has 0 unspecified atom stereocenters. The van der Waals surface area contributed by atoms with Crippen molar-refractivity contribution in [2.24, 2.45) is 5.90 Å². The summed E-state index contributed by atoms with van der Waals surface area (Å²) < 4.78 is 27.0. The molecule has 0 saturated carbocycles. The highest BCUT2D eigenvalue weighted by molar-refractivity contribution is 9.10. The standard InChI is InChI=1S/C11H15BrN2O3S/c12-9-1-3-11(4-2-9)18(15,16)14-7-5-10(17-13)6-8-14/h1-4,10H,5-8,13H2. The molecule has 1 aromatic carbocycles. The molecule has 7 heteroatoms. The van der Waals surface area contributed by atoms with Crippen LogP contribution < -0.4 is 5.90 Å². The van der Waals surface area contributed by atoms with E-state index in [4.69, 9.17) is 10.7 Å². The molecule has 0 atom stereocenters. The average molecular weight is 335 g/mol. The molecular formula is C11H15BrN2O3S. The van der Waals surface area contributed by atoms with Gasteiger partial charge in [0.05, 0.1) is 11.0 Å². The molecule has 1 aromatic rings. The van der Waals surface area contributed by atoms with Crippen LogP contribution in [0.1, 0.15) is 12.8 Å². The van der Waals surface area contributed by atoms with Crippen molar-refractivity contribution in [3.8, 4) is 0 Å². The number of hydrogen-bond donors (Lipinski definition) is 1. The lowest BCUT2D eigenvalue weighted by molar-refractivity contribution is 0.0205. The fourth-order valence-electron chi connectivity index (χ4n) is 1.96. The Morgan fingerprint density at radius 2 is 1.78 bits per heavy atom. The van der Waals surface area contributed by atoms with E-state index in [1.165, 1.54) is 4.31 Å². The Balaban J connectivity index is 2.15. The normalized spacial score (nSPS) is 19.0. The number of piperidine rings is 1. The predicted molar refractivity (Wildman–Crippen MR) is 71.2 cm³/mol. The smallest absolute Gasteiger partial charge is 0.243 e. The van der Waals surface area contributed by atoms with E-state index in [-0.39, 0.29) is 6.10 Å². The number of halogens is 1. The predicted octanol–water partition coefficient (Wildman–Crippen LogP) is 1.49. The first-order valence-electron chi connectivity index (χ1n) is 5.65. The molecule has 0 aliphatic carbocycles. The lowest BCUT2D eigenvalue weighted by Gasteiger charge is -2.29. The van der Waals surface area contributed by atoms with Crippen LogP contribution in [0.5, 0.6) is 0 Å². The number of hydrogen-bond acceptors (Lipinski definition) is 4. The average Bonchev–Trinajstić information content (AvgIpc) is 2.39. The Morgan fingerprint density at radius 1 is 1.22 bits per heavy atom. The maximum absolute atomic E-state index is 12.3. The molecule has 1 heterocycles. The van der Waals surface area contributed by atoms with Gasteiger partial charge < -0.3 is 4.84 Å². The van der Waals surface area contributed by atoms with E-state index in [1.807, 2.05) is 0 Å². The van der Waals surface area contributed by atoms with Crippen molar-refractivity contribution in [1.29, 1.82) is 0 Å². The van der Waals surface area contributed by atoms with Gasteiger partial charge >= 0.3 is 0 Å². The molecule has 2 rings (SSSR count). The second-order valence-electron chi connectivity index (χ2n) is 4.19. The van der Waals surface area contributed by atoms with Gasteiger partial charge in [-0.3, -0.25) is 0 Å². The molecule has 1 aliphatic heterocycles. The van der Waals surface area contributed by atoms with Crippen LogP contribution >= 0.6 is 15.9 Å². The molecule has 18 heavy (non-hydrogen) atoms. The van der Waals surface area contributed by atoms with Crippen molar-refractivity contribution in [3.63, 3.8) is 0 Å². The zero-order chi connectivity index (χ0) is 13.2. The van der Waals surface area contributed by atoms with E-state index in [9.17, 15) is 8.42 Å². The van der Waals surface area contributed by atoms with Crippen LogP contribution in [0.4, 0.5) is 0 Å². The van der Waals surface area contributed by atoms with Gasteiger partial charge in [-0.25, -0.2) is 14.3 Å². The maximum Gasteiger partial charge on any atom is 0.243 e. The second kappa shape index (κ2) is 5.66. The zero-order valence-electron chi connectivity index (χ0n) is 9.75. The van der Waals surface area contributed by atoms with E-state index in [0.717, 1.165) is 4.47 Å². The van der Waals surface area contributed by atoms with E-state index in [0.29, 0.717) is 30.8 Å². The monoisotopic (exact) mass is 334 g/mol. The molecule has 0 aromatic heterocycles. The van der Waals surface area contributed by atoms with Gasteiger partial charge in [0.15, 0.2) is 0 Å². The summed E-state index contributed by atoms with van der Waals surface area (Å²) in [6.45, 7) is 0.889. The lowest BCUT2D eigenvalue weighted by atomic mass is 10.1. The zero-order valence-corrected chi connectivity index (χ0v) is 12.2. The minimum absolute atomic E-state index is 0.0404. The molecule has 1 saturated heterocycles. The molecule has 1 fully saturated rings. The molecule has 0 bridgehead atoms. The summed E-state index contributed by atoms with van der Waals surface area (Å²) in [6, 6.07) is 6.65. The Hall–Kier alpha value is -0.470. The van der Waals surface area contributed by atoms with Crippen LogP contribution in [-0.4, -0.2) is 31.9 Å². The number of benzene rings is 1. The summed E-state index contributed by atoms with van der Waals surface area (Å²) in [6.07, 6.45) is 1.22. The highest BCUT2D eigenvalue weighted by atomic mass is 79.9. The molecule has 0 amide bonds. The maximum atomic E-state index is 12.3. The quantitative estimate of drug-likeness (QED) is 0.850. The van der Waals surface area contributed by atoms with Gasteiger partial charge in [0.2, 0.25) is 10.0 Å². The fourth-order valence-corrected chi connectivity index (χ4v) is 3.70. The lowest BCUT2D eigenvalue weighted by Crippen LogP contribution is -2.41. The Morgan fingerprint density at radius 3 is 2.28 bits per heavy atom. The van der Waals surface area contributed by atoms with Gasteiger partial charge in [-0.15, -0.1) is 0 Å². The fraction of sp³-hybridized carbons (Fsp3) is 0.455. The van der Waals surface area contributed by atoms with E-state index >= 15 is 0 Å². The molecular weight excluding hydrogens is 320 g/mol. The summed E-state index contributed by atoms with van der Waals surface area (Å²) in [7, 11) is -3.39. The summed E-state index contributed by atoms with van der Waals surface area (Å²) in [5, 5.41) is 0. The molecule has 0 radical (unpaired) electrons. The van der Waals surface area contributed by atoms with Gasteiger partial charge in [-0.1, -0.05) is 15.9 Å². The van der Waals surface area contributed by atoms with Crippen molar-refractivity contribution in [3.05, 3.63) is 28.7 Å². The number of nitrogens with two attached hydrogens (primary N) is 1. The molecule has 2 N–H and O–H groups in total. The van der Waals surface area contributed by atoms with Crippen molar-refractivity contribution in [2.45, 2.75) is 23.8 Å². The van der Waals surface area contributed by atoms with Gasteiger partial charge in [-0.2, -0.15) is 4.31 Å². The Kier molecular flexibility index (Phi) is 4.39. The minimum Gasteiger partial charge on any atom is -0.301 e. The highest BCUT2D eigenvalue weighted by Crippen LogP contribution is 2.22. The first-order chi connectivity index (χ1) is 8.54. The van der Waals surface area contributed by atoms with Crippen molar-refractivity contribution in [1.82, 2.24) is 4.31 Å². The highest BCUT2D eigenvalue weighted by Gasteiger charge is 2.29. The van der Waals surface area contributed by atoms with Crippen molar-refractivity contribution < 1.29 is 13.3 Å². The summed E-state index contributed by atoms with van der Waals surface area (Å²) in [4.78, 5) is 5.06. The van der Waals surface area contributed by atoms with Crippen LogP contribution in [0, 0.1) is 0 Å². The molecule has 0 spiro atoms. The second-order valence-corrected chi connectivity index (χ2v) is 7.05. The SMILES string of the molecule is NOC1CCN(S(=O)(=O)c2ccc(Br)cc2)CC1. The minimum atomic E-state index is -3.39. The Bertz CT molecular complexity index is 496. The number of rotatable bonds is 3. The topological polar surface area (TPSA) is 72.6 Å². The van der Waals surface area contributed by atoms with Crippen LogP contribution in [0.15, 0.2) is 33.6 Å².